The second-order valence-corrected chi connectivity index (χ2v) is 6.77. The molecule has 0 aliphatic heterocycles. The van der Waals surface area contributed by atoms with E-state index in [1.807, 2.05) is 56.3 Å². The van der Waals surface area contributed by atoms with E-state index in [0.717, 1.165) is 17.7 Å². The second kappa shape index (κ2) is 8.50. The van der Waals surface area contributed by atoms with Gasteiger partial charge in [-0.05, 0) is 35.4 Å². The Labute approximate surface area is 143 Å². The summed E-state index contributed by atoms with van der Waals surface area (Å²) < 4.78 is 0. The number of rotatable bonds is 7. The predicted octanol–water partition coefficient (Wildman–Crippen LogP) is 3.81. The van der Waals surface area contributed by atoms with E-state index in [2.05, 4.69) is 22.8 Å². The van der Waals surface area contributed by atoms with Gasteiger partial charge >= 0.3 is 6.03 Å². The summed E-state index contributed by atoms with van der Waals surface area (Å²) in [4.78, 5) is 12.2. The smallest absolute Gasteiger partial charge is 0.319 e. The van der Waals surface area contributed by atoms with Gasteiger partial charge in [0.25, 0.3) is 0 Å². The van der Waals surface area contributed by atoms with E-state index in [1.54, 1.807) is 0 Å². The molecule has 2 aromatic rings. The fourth-order valence-corrected chi connectivity index (χ4v) is 2.49. The number of carbonyl (C=O) groups is 1. The molecule has 0 aliphatic carbocycles. The molecule has 0 fully saturated rings. The van der Waals surface area contributed by atoms with E-state index in [4.69, 9.17) is 5.11 Å². The lowest BCUT2D eigenvalue weighted by molar-refractivity contribution is 0.204. The van der Waals surface area contributed by atoms with Gasteiger partial charge in [-0.2, -0.15) is 0 Å². The number of amides is 2. The van der Waals surface area contributed by atoms with Crippen molar-refractivity contribution < 1.29 is 9.90 Å². The van der Waals surface area contributed by atoms with Crippen molar-refractivity contribution in [3.05, 3.63) is 65.7 Å². The summed E-state index contributed by atoms with van der Waals surface area (Å²) in [6.45, 7) is 4.68. The summed E-state index contributed by atoms with van der Waals surface area (Å²) in [6, 6.07) is 17.8. The average Bonchev–Trinajstić information content (AvgIpc) is 2.56. The highest BCUT2D eigenvalue weighted by atomic mass is 16.3. The monoisotopic (exact) mass is 326 g/mol. The van der Waals surface area contributed by atoms with E-state index in [1.165, 1.54) is 5.56 Å². The number of hydrogen-bond donors (Lipinski definition) is 3. The van der Waals surface area contributed by atoms with Crippen molar-refractivity contribution >= 4 is 11.7 Å². The Morgan fingerprint density at radius 1 is 1.04 bits per heavy atom. The fourth-order valence-electron chi connectivity index (χ4n) is 2.49. The van der Waals surface area contributed by atoms with Gasteiger partial charge in [0.1, 0.15) is 0 Å². The maximum atomic E-state index is 12.2. The van der Waals surface area contributed by atoms with Crippen molar-refractivity contribution in [1.29, 1.82) is 0 Å². The highest BCUT2D eigenvalue weighted by molar-refractivity contribution is 5.90. The Morgan fingerprint density at radius 3 is 2.42 bits per heavy atom. The zero-order valence-electron chi connectivity index (χ0n) is 14.4. The molecule has 0 spiro atoms. The van der Waals surface area contributed by atoms with Crippen LogP contribution < -0.4 is 10.6 Å². The fraction of sp³-hybridized carbons (Fsp3) is 0.350. The van der Waals surface area contributed by atoms with Crippen molar-refractivity contribution in [2.75, 3.05) is 18.5 Å². The maximum Gasteiger partial charge on any atom is 0.319 e. The van der Waals surface area contributed by atoms with E-state index in [0.29, 0.717) is 13.0 Å². The van der Waals surface area contributed by atoms with Gasteiger partial charge in [0.05, 0.1) is 0 Å². The number of anilines is 1. The molecular weight excluding hydrogens is 300 g/mol. The Balaban J connectivity index is 1.98. The van der Waals surface area contributed by atoms with Gasteiger partial charge in [-0.1, -0.05) is 62.4 Å². The third-order valence-corrected chi connectivity index (χ3v) is 4.02. The molecule has 0 saturated carbocycles. The molecule has 24 heavy (non-hydrogen) atoms. The topological polar surface area (TPSA) is 61.4 Å². The number of aliphatic hydroxyl groups excluding tert-OH is 1. The standard InChI is InChI=1S/C20H26N2O2/c1-20(2,12-13-23)15-21-19(24)22-18-11-7-6-10-17(18)14-16-8-4-3-5-9-16/h3-11,23H,12-15H2,1-2H3,(H2,21,22,24). The second-order valence-electron chi connectivity index (χ2n) is 6.77. The highest BCUT2D eigenvalue weighted by Crippen LogP contribution is 2.20. The molecule has 128 valence electrons. The van der Waals surface area contributed by atoms with E-state index in [-0.39, 0.29) is 18.1 Å². The van der Waals surface area contributed by atoms with Gasteiger partial charge in [0, 0.05) is 18.8 Å². The van der Waals surface area contributed by atoms with Crippen LogP contribution in [-0.4, -0.2) is 24.3 Å². The molecule has 0 heterocycles. The maximum absolute atomic E-state index is 12.2. The van der Waals surface area contributed by atoms with E-state index < -0.39 is 0 Å². The third kappa shape index (κ3) is 5.70. The Hall–Kier alpha value is -2.33. The third-order valence-electron chi connectivity index (χ3n) is 4.02. The zero-order chi connectivity index (χ0) is 17.4. The van der Waals surface area contributed by atoms with Crippen LogP contribution in [0.15, 0.2) is 54.6 Å². The minimum atomic E-state index is -0.221. The quantitative estimate of drug-likeness (QED) is 0.724. The van der Waals surface area contributed by atoms with Crippen LogP contribution in [-0.2, 0) is 6.42 Å². The number of urea groups is 1. The van der Waals surface area contributed by atoms with Crippen LogP contribution in [0.5, 0.6) is 0 Å². The van der Waals surface area contributed by atoms with Crippen LogP contribution >= 0.6 is 0 Å². The van der Waals surface area contributed by atoms with Crippen molar-refractivity contribution in [2.45, 2.75) is 26.7 Å². The molecule has 2 amide bonds. The average molecular weight is 326 g/mol. The molecule has 0 saturated heterocycles. The molecule has 0 unspecified atom stereocenters. The largest absolute Gasteiger partial charge is 0.396 e. The minimum Gasteiger partial charge on any atom is -0.396 e. The van der Waals surface area contributed by atoms with Gasteiger partial charge in [0.2, 0.25) is 0 Å². The number of hydrogen-bond acceptors (Lipinski definition) is 2. The first-order valence-electron chi connectivity index (χ1n) is 8.28. The minimum absolute atomic E-state index is 0.121. The summed E-state index contributed by atoms with van der Waals surface area (Å²) in [6.07, 6.45) is 1.42. The van der Waals surface area contributed by atoms with Gasteiger partial charge in [-0.15, -0.1) is 0 Å². The lowest BCUT2D eigenvalue weighted by Crippen LogP contribution is -2.37. The molecule has 3 N–H and O–H groups in total. The molecule has 4 heteroatoms. The normalized spacial score (nSPS) is 11.1. The molecule has 0 aliphatic rings. The summed E-state index contributed by atoms with van der Waals surface area (Å²) in [5.41, 5.74) is 2.97. The number of aliphatic hydroxyl groups is 1. The van der Waals surface area contributed by atoms with Gasteiger partial charge in [0.15, 0.2) is 0 Å². The molecular formula is C20H26N2O2. The summed E-state index contributed by atoms with van der Waals surface area (Å²) in [7, 11) is 0. The van der Waals surface area contributed by atoms with Crippen molar-refractivity contribution in [1.82, 2.24) is 5.32 Å². The van der Waals surface area contributed by atoms with Crippen molar-refractivity contribution in [3.63, 3.8) is 0 Å². The molecule has 4 nitrogen and oxygen atoms in total. The van der Waals surface area contributed by atoms with Gasteiger partial charge in [-0.3, -0.25) is 0 Å². The summed E-state index contributed by atoms with van der Waals surface area (Å²) >= 11 is 0. The van der Waals surface area contributed by atoms with Gasteiger partial charge in [-0.25, -0.2) is 4.79 Å². The molecule has 0 bridgehead atoms. The van der Waals surface area contributed by atoms with E-state index in [9.17, 15) is 4.79 Å². The van der Waals surface area contributed by atoms with Gasteiger partial charge < -0.3 is 15.7 Å². The Bertz CT molecular complexity index is 654. The van der Waals surface area contributed by atoms with Crippen LogP contribution in [0.25, 0.3) is 0 Å². The number of nitrogens with one attached hydrogen (secondary N) is 2. The predicted molar refractivity (Wildman–Crippen MR) is 98.2 cm³/mol. The van der Waals surface area contributed by atoms with Crippen molar-refractivity contribution in [2.24, 2.45) is 5.41 Å². The van der Waals surface area contributed by atoms with E-state index >= 15 is 0 Å². The number of benzene rings is 2. The molecule has 0 atom stereocenters. The van der Waals surface area contributed by atoms with Crippen molar-refractivity contribution in [3.8, 4) is 0 Å². The Kier molecular flexibility index (Phi) is 6.38. The molecule has 2 aromatic carbocycles. The highest BCUT2D eigenvalue weighted by Gasteiger charge is 2.18. The summed E-state index contributed by atoms with van der Waals surface area (Å²) in [5.74, 6) is 0. The molecule has 0 aromatic heterocycles. The zero-order valence-corrected chi connectivity index (χ0v) is 14.4. The SMILES string of the molecule is CC(C)(CCO)CNC(=O)Nc1ccccc1Cc1ccccc1. The molecule has 0 radical (unpaired) electrons. The first kappa shape index (κ1) is 18.0. The van der Waals surface area contributed by atoms with Crippen LogP contribution in [0.1, 0.15) is 31.4 Å². The van der Waals surface area contributed by atoms with Crippen LogP contribution in [0, 0.1) is 5.41 Å². The first-order valence-corrected chi connectivity index (χ1v) is 8.28. The van der Waals surface area contributed by atoms with Crippen LogP contribution in [0.2, 0.25) is 0 Å². The summed E-state index contributed by atoms with van der Waals surface area (Å²) in [5, 5.41) is 14.9. The number of para-hydroxylation sites is 1. The lowest BCUT2D eigenvalue weighted by Gasteiger charge is -2.24. The van der Waals surface area contributed by atoms with Crippen LogP contribution in [0.4, 0.5) is 10.5 Å². The van der Waals surface area contributed by atoms with Crippen LogP contribution in [0.3, 0.4) is 0 Å². The lowest BCUT2D eigenvalue weighted by atomic mass is 9.90. The number of carbonyl (C=O) groups excluding carboxylic acids is 1. The first-order chi connectivity index (χ1) is 11.5. The molecule has 2 rings (SSSR count). The Morgan fingerprint density at radius 2 is 1.71 bits per heavy atom.